The molecule has 0 saturated heterocycles. The van der Waals surface area contributed by atoms with Crippen molar-refractivity contribution in [2.45, 2.75) is 26.6 Å². The number of aryl methyl sites for hydroxylation is 1. The van der Waals surface area contributed by atoms with E-state index in [1.807, 2.05) is 37.3 Å². The van der Waals surface area contributed by atoms with E-state index in [1.165, 1.54) is 17.0 Å². The zero-order valence-corrected chi connectivity index (χ0v) is 19.1. The molecule has 0 aliphatic carbocycles. The van der Waals surface area contributed by atoms with Gasteiger partial charge in [0.05, 0.1) is 22.1 Å². The van der Waals surface area contributed by atoms with Crippen molar-refractivity contribution in [3.63, 3.8) is 0 Å². The maximum absolute atomic E-state index is 13.2. The Hall–Kier alpha value is -3.50. The van der Waals surface area contributed by atoms with Gasteiger partial charge in [0, 0.05) is 6.54 Å². The lowest BCUT2D eigenvalue weighted by atomic mass is 10.2. The number of ether oxygens (including phenoxy) is 1. The number of rotatable bonds is 8. The summed E-state index contributed by atoms with van der Waals surface area (Å²) in [5.74, 6) is -1.30. The molecule has 170 valence electrons. The van der Waals surface area contributed by atoms with Gasteiger partial charge in [0.25, 0.3) is 5.56 Å². The Labute approximate surface area is 196 Å². The van der Waals surface area contributed by atoms with Gasteiger partial charge < -0.3 is 9.30 Å². The van der Waals surface area contributed by atoms with Crippen LogP contribution in [0.1, 0.15) is 22.2 Å². The highest BCUT2D eigenvalue weighted by Crippen LogP contribution is 2.21. The van der Waals surface area contributed by atoms with E-state index in [4.69, 9.17) is 16.3 Å². The van der Waals surface area contributed by atoms with E-state index in [1.54, 1.807) is 10.6 Å². The van der Waals surface area contributed by atoms with Crippen LogP contribution in [0.15, 0.2) is 58.4 Å². The molecule has 4 rings (SSSR count). The number of esters is 1. The highest BCUT2D eigenvalue weighted by atomic mass is 35.5. The van der Waals surface area contributed by atoms with Crippen LogP contribution >= 0.6 is 22.9 Å². The smallest absolute Gasteiger partial charge is 0.333 e. The molecule has 0 radical (unpaired) electrons. The van der Waals surface area contributed by atoms with Gasteiger partial charge in [0.2, 0.25) is 5.78 Å². The van der Waals surface area contributed by atoms with Crippen molar-refractivity contribution in [1.29, 1.82) is 0 Å². The normalized spacial score (nSPS) is 11.1. The van der Waals surface area contributed by atoms with Crippen LogP contribution in [-0.4, -0.2) is 37.0 Å². The molecule has 0 amide bonds. The minimum absolute atomic E-state index is 0.170. The van der Waals surface area contributed by atoms with Crippen LogP contribution in [0.25, 0.3) is 11.2 Å². The monoisotopic (exact) mass is 486 g/mol. The van der Waals surface area contributed by atoms with Gasteiger partial charge in [0.15, 0.2) is 17.8 Å². The topological polar surface area (TPSA) is 105 Å². The SMILES string of the molecule is CCn1cnc2c1c(=O)n(CC(=O)OCC(=O)c1ccc(Cl)s1)c(=O)n2Cc1ccccc1. The summed E-state index contributed by atoms with van der Waals surface area (Å²) in [7, 11) is 0. The maximum Gasteiger partial charge on any atom is 0.333 e. The average Bonchev–Trinajstić information content (AvgIpc) is 3.45. The standard InChI is InChI=1S/C22H19ClN4O5S/c1-2-25-13-24-20-19(25)21(30)27(22(31)26(20)10-14-6-4-3-5-7-14)11-18(29)32-12-15(28)16-8-9-17(23)33-16/h3-9,13H,2,10-12H2,1H3. The third kappa shape index (κ3) is 4.67. The summed E-state index contributed by atoms with van der Waals surface area (Å²) in [5.41, 5.74) is -0.0480. The second-order valence-corrected chi connectivity index (χ2v) is 8.85. The summed E-state index contributed by atoms with van der Waals surface area (Å²) >= 11 is 6.89. The lowest BCUT2D eigenvalue weighted by molar-refractivity contribution is -0.143. The lowest BCUT2D eigenvalue weighted by Gasteiger charge is -2.12. The van der Waals surface area contributed by atoms with Gasteiger partial charge >= 0.3 is 11.7 Å². The number of fused-ring (bicyclic) bond motifs is 1. The predicted molar refractivity (Wildman–Crippen MR) is 124 cm³/mol. The van der Waals surface area contributed by atoms with Gasteiger partial charge in [-0.2, -0.15) is 0 Å². The Morgan fingerprint density at radius 1 is 1.09 bits per heavy atom. The van der Waals surface area contributed by atoms with Crippen LogP contribution in [0.2, 0.25) is 4.34 Å². The number of benzene rings is 1. The largest absolute Gasteiger partial charge is 0.456 e. The van der Waals surface area contributed by atoms with Crippen LogP contribution in [-0.2, 0) is 29.2 Å². The third-order valence-corrected chi connectivity index (χ3v) is 6.28. The van der Waals surface area contributed by atoms with Gasteiger partial charge in [-0.1, -0.05) is 41.9 Å². The number of hydrogen-bond donors (Lipinski definition) is 0. The Morgan fingerprint density at radius 2 is 1.85 bits per heavy atom. The molecule has 0 aliphatic heterocycles. The number of carbonyl (C=O) groups excluding carboxylic acids is 2. The number of thiophene rings is 1. The van der Waals surface area contributed by atoms with E-state index in [9.17, 15) is 19.2 Å². The van der Waals surface area contributed by atoms with E-state index in [-0.39, 0.29) is 17.7 Å². The lowest BCUT2D eigenvalue weighted by Crippen LogP contribution is -2.42. The molecule has 1 aromatic carbocycles. The average molecular weight is 487 g/mol. The fourth-order valence-electron chi connectivity index (χ4n) is 3.38. The van der Waals surface area contributed by atoms with Crippen LogP contribution in [0, 0.1) is 0 Å². The van der Waals surface area contributed by atoms with E-state index >= 15 is 0 Å². The number of aromatic nitrogens is 4. The third-order valence-electron chi connectivity index (χ3n) is 5.01. The number of ketones is 1. The highest BCUT2D eigenvalue weighted by Gasteiger charge is 2.21. The van der Waals surface area contributed by atoms with Crippen molar-refractivity contribution in [1.82, 2.24) is 18.7 Å². The van der Waals surface area contributed by atoms with Crippen molar-refractivity contribution in [2.75, 3.05) is 6.61 Å². The molecule has 9 nitrogen and oxygen atoms in total. The second kappa shape index (κ2) is 9.55. The Kier molecular flexibility index (Phi) is 6.57. The molecule has 0 bridgehead atoms. The van der Waals surface area contributed by atoms with E-state index in [0.717, 1.165) is 21.5 Å². The molecule has 0 unspecified atom stereocenters. The summed E-state index contributed by atoms with van der Waals surface area (Å²) in [6.45, 7) is 1.32. The summed E-state index contributed by atoms with van der Waals surface area (Å²) < 4.78 is 9.26. The van der Waals surface area contributed by atoms with Crippen LogP contribution < -0.4 is 11.2 Å². The number of Topliss-reactive ketones (excluding diaryl/α,β-unsaturated/α-hetero) is 1. The molecule has 0 atom stereocenters. The predicted octanol–water partition coefficient (Wildman–Crippen LogP) is 2.57. The van der Waals surface area contributed by atoms with Crippen molar-refractivity contribution < 1.29 is 14.3 Å². The number of halogens is 1. The van der Waals surface area contributed by atoms with Crippen molar-refractivity contribution in [3.8, 4) is 0 Å². The minimum atomic E-state index is -0.877. The van der Waals surface area contributed by atoms with Crippen molar-refractivity contribution in [2.24, 2.45) is 0 Å². The van der Waals surface area contributed by atoms with E-state index in [0.29, 0.717) is 15.8 Å². The zero-order chi connectivity index (χ0) is 23.5. The van der Waals surface area contributed by atoms with Crippen molar-refractivity contribution >= 4 is 45.9 Å². The van der Waals surface area contributed by atoms with Gasteiger partial charge in [-0.3, -0.25) is 19.0 Å². The fourth-order valence-corrected chi connectivity index (χ4v) is 4.35. The van der Waals surface area contributed by atoms with Crippen LogP contribution in [0.4, 0.5) is 0 Å². The highest BCUT2D eigenvalue weighted by molar-refractivity contribution is 7.18. The van der Waals surface area contributed by atoms with E-state index < -0.39 is 36.2 Å². The first-order chi connectivity index (χ1) is 15.9. The molecular formula is C22H19ClN4O5S. The number of carbonyl (C=O) groups is 2. The first-order valence-electron chi connectivity index (χ1n) is 10.1. The van der Waals surface area contributed by atoms with E-state index in [2.05, 4.69) is 4.98 Å². The van der Waals surface area contributed by atoms with Crippen molar-refractivity contribution in [3.05, 3.63) is 84.4 Å². The summed E-state index contributed by atoms with van der Waals surface area (Å²) in [4.78, 5) is 55.5. The Bertz CT molecular complexity index is 1450. The minimum Gasteiger partial charge on any atom is -0.456 e. The molecule has 33 heavy (non-hydrogen) atoms. The maximum atomic E-state index is 13.2. The first kappa shape index (κ1) is 22.7. The molecule has 0 fully saturated rings. The molecule has 4 aromatic rings. The quantitative estimate of drug-likeness (QED) is 0.280. The van der Waals surface area contributed by atoms with Gasteiger partial charge in [-0.15, -0.1) is 11.3 Å². The molecule has 0 aliphatic rings. The zero-order valence-electron chi connectivity index (χ0n) is 17.6. The van der Waals surface area contributed by atoms with Gasteiger partial charge in [-0.25, -0.2) is 14.3 Å². The summed E-state index contributed by atoms with van der Waals surface area (Å²) in [6, 6.07) is 12.3. The molecule has 11 heteroatoms. The van der Waals surface area contributed by atoms with Gasteiger partial charge in [0.1, 0.15) is 6.54 Å². The summed E-state index contributed by atoms with van der Waals surface area (Å²) in [5, 5.41) is 0. The van der Waals surface area contributed by atoms with Gasteiger partial charge in [-0.05, 0) is 24.6 Å². The van der Waals surface area contributed by atoms with Crippen LogP contribution in [0.5, 0.6) is 0 Å². The Morgan fingerprint density at radius 3 is 2.52 bits per heavy atom. The molecule has 3 aromatic heterocycles. The molecular weight excluding hydrogens is 468 g/mol. The fraction of sp³-hybridized carbons (Fsp3) is 0.227. The first-order valence-corrected chi connectivity index (χ1v) is 11.2. The number of hydrogen-bond acceptors (Lipinski definition) is 7. The van der Waals surface area contributed by atoms with Crippen LogP contribution in [0.3, 0.4) is 0 Å². The molecule has 3 heterocycles. The molecule has 0 saturated carbocycles. The second-order valence-electron chi connectivity index (χ2n) is 7.14. The molecule has 0 N–H and O–H groups in total. The number of imidazole rings is 1. The molecule has 0 spiro atoms. The summed E-state index contributed by atoms with van der Waals surface area (Å²) in [6.07, 6.45) is 1.49. The Balaban J connectivity index is 1.65. The number of nitrogens with zero attached hydrogens (tertiary/aromatic N) is 4.